The van der Waals surface area contributed by atoms with Crippen molar-refractivity contribution in [3.63, 3.8) is 0 Å². The second-order valence-electron chi connectivity index (χ2n) is 1.96. The number of phosphoric acid groups is 1. The van der Waals surface area contributed by atoms with Gasteiger partial charge < -0.3 is 29.3 Å². The molecule has 0 bridgehead atoms. The van der Waals surface area contributed by atoms with E-state index in [1.165, 1.54) is 0 Å². The molecule has 0 saturated carbocycles. The normalized spacial score (nSPS) is 19.4. The van der Waals surface area contributed by atoms with E-state index in [2.05, 4.69) is 4.52 Å². The summed E-state index contributed by atoms with van der Waals surface area (Å²) in [5.74, 6) is 0. The SMILES string of the molecule is O=C[C@@H](O)[C@H](O)COP(=O)([O-])O.[Na+]. The summed E-state index contributed by atoms with van der Waals surface area (Å²) in [5.41, 5.74) is 0. The van der Waals surface area contributed by atoms with Gasteiger partial charge in [0.2, 0.25) is 0 Å². The van der Waals surface area contributed by atoms with E-state index in [-0.39, 0.29) is 35.8 Å². The molecule has 0 aliphatic rings. The predicted molar refractivity (Wildman–Crippen MR) is 33.9 cm³/mol. The van der Waals surface area contributed by atoms with Crippen LogP contribution in [0.25, 0.3) is 0 Å². The van der Waals surface area contributed by atoms with Gasteiger partial charge in [0.25, 0.3) is 7.82 Å². The van der Waals surface area contributed by atoms with E-state index in [4.69, 9.17) is 15.1 Å². The largest absolute Gasteiger partial charge is 1.00 e. The molecule has 0 aliphatic carbocycles. The summed E-state index contributed by atoms with van der Waals surface area (Å²) in [6.07, 6.45) is -3.38. The van der Waals surface area contributed by atoms with E-state index in [0.29, 0.717) is 0 Å². The van der Waals surface area contributed by atoms with Crippen molar-refractivity contribution in [3.8, 4) is 0 Å². The molecule has 0 aromatic carbocycles. The minimum Gasteiger partial charge on any atom is -0.756 e. The molecule has 3 atom stereocenters. The Kier molecular flexibility index (Phi) is 8.76. The van der Waals surface area contributed by atoms with Gasteiger partial charge in [-0.2, -0.15) is 0 Å². The molecular formula is C4H8NaO7P. The molecule has 0 amide bonds. The first kappa shape index (κ1) is 16.1. The summed E-state index contributed by atoms with van der Waals surface area (Å²) >= 11 is 0. The molecule has 13 heavy (non-hydrogen) atoms. The first-order valence-corrected chi connectivity index (χ1v) is 4.36. The average molecular weight is 222 g/mol. The van der Waals surface area contributed by atoms with Crippen LogP contribution in [-0.4, -0.2) is 40.2 Å². The number of carbonyl (C=O) groups is 1. The summed E-state index contributed by atoms with van der Waals surface area (Å²) in [4.78, 5) is 27.7. The first-order valence-electron chi connectivity index (χ1n) is 2.86. The van der Waals surface area contributed by atoms with Gasteiger partial charge in [-0.3, -0.25) is 4.57 Å². The van der Waals surface area contributed by atoms with Crippen LogP contribution in [0.1, 0.15) is 0 Å². The van der Waals surface area contributed by atoms with E-state index < -0.39 is 26.6 Å². The van der Waals surface area contributed by atoms with E-state index in [9.17, 15) is 14.3 Å². The summed E-state index contributed by atoms with van der Waals surface area (Å²) in [6.45, 7) is -0.864. The van der Waals surface area contributed by atoms with Gasteiger partial charge in [0.15, 0.2) is 6.29 Å². The average Bonchev–Trinajstić information content (AvgIpc) is 1.97. The summed E-state index contributed by atoms with van der Waals surface area (Å²) < 4.78 is 13.6. The molecular weight excluding hydrogens is 214 g/mol. The fourth-order valence-corrected chi connectivity index (χ4v) is 0.701. The number of aliphatic hydroxyl groups is 2. The van der Waals surface area contributed by atoms with Crippen LogP contribution < -0.4 is 34.5 Å². The minimum atomic E-state index is -4.91. The van der Waals surface area contributed by atoms with Gasteiger partial charge in [0, 0.05) is 0 Å². The second-order valence-corrected chi connectivity index (χ2v) is 3.15. The van der Waals surface area contributed by atoms with Crippen LogP contribution in [0.3, 0.4) is 0 Å². The number of rotatable bonds is 5. The Hall–Kier alpha value is 0.700. The third-order valence-corrected chi connectivity index (χ3v) is 1.42. The van der Waals surface area contributed by atoms with E-state index in [0.717, 1.165) is 0 Å². The number of hydrogen-bond donors (Lipinski definition) is 3. The fraction of sp³-hybridized carbons (Fsp3) is 0.750. The van der Waals surface area contributed by atoms with Crippen molar-refractivity contribution < 1.29 is 63.4 Å². The molecule has 0 rings (SSSR count). The predicted octanol–water partition coefficient (Wildman–Crippen LogP) is -5.61. The molecule has 0 heterocycles. The maximum atomic E-state index is 9.93. The van der Waals surface area contributed by atoms with Crippen molar-refractivity contribution in [1.82, 2.24) is 0 Å². The maximum Gasteiger partial charge on any atom is 1.00 e. The Labute approximate surface area is 96.2 Å². The Balaban J connectivity index is 0. The number of aliphatic hydroxyl groups excluding tert-OH is 2. The zero-order valence-electron chi connectivity index (χ0n) is 6.86. The van der Waals surface area contributed by atoms with Crippen LogP contribution in [0.2, 0.25) is 0 Å². The van der Waals surface area contributed by atoms with Crippen LogP contribution in [-0.2, 0) is 13.9 Å². The smallest absolute Gasteiger partial charge is 0.756 e. The Morgan fingerprint density at radius 1 is 1.54 bits per heavy atom. The van der Waals surface area contributed by atoms with Crippen LogP contribution in [0.4, 0.5) is 0 Å². The monoisotopic (exact) mass is 222 g/mol. The third kappa shape index (κ3) is 9.01. The van der Waals surface area contributed by atoms with E-state index in [1.54, 1.807) is 0 Å². The molecule has 0 radical (unpaired) electrons. The number of phosphoric ester groups is 1. The fourth-order valence-electron chi connectivity index (χ4n) is 0.360. The van der Waals surface area contributed by atoms with Crippen molar-refractivity contribution in [2.24, 2.45) is 0 Å². The van der Waals surface area contributed by atoms with Crippen molar-refractivity contribution in [2.45, 2.75) is 12.2 Å². The van der Waals surface area contributed by atoms with Gasteiger partial charge in [-0.25, -0.2) is 0 Å². The molecule has 0 fully saturated rings. The number of carbonyl (C=O) groups excluding carboxylic acids is 1. The molecule has 7 nitrogen and oxygen atoms in total. The zero-order valence-corrected chi connectivity index (χ0v) is 9.76. The molecule has 3 N–H and O–H groups in total. The van der Waals surface area contributed by atoms with Gasteiger partial charge in [-0.05, 0) is 0 Å². The molecule has 0 aromatic rings. The summed E-state index contributed by atoms with van der Waals surface area (Å²) in [6, 6.07) is 0. The standard InChI is InChI=1S/C4H9O7P.Na/c5-1-3(6)4(7)2-11-12(8,9)10;/h1,3-4,6-7H,2H2,(H2,8,9,10);/q;+1/p-1/t3-,4-;/m1./s1. The van der Waals surface area contributed by atoms with Crippen molar-refractivity contribution in [2.75, 3.05) is 6.61 Å². The van der Waals surface area contributed by atoms with Crippen molar-refractivity contribution in [1.29, 1.82) is 0 Å². The molecule has 9 heteroatoms. The molecule has 72 valence electrons. The van der Waals surface area contributed by atoms with E-state index in [1.807, 2.05) is 0 Å². The molecule has 0 saturated heterocycles. The second kappa shape index (κ2) is 7.05. The van der Waals surface area contributed by atoms with Crippen LogP contribution in [0, 0.1) is 0 Å². The van der Waals surface area contributed by atoms with E-state index >= 15 is 0 Å². The Morgan fingerprint density at radius 2 is 2.00 bits per heavy atom. The van der Waals surface area contributed by atoms with Gasteiger partial charge in [-0.15, -0.1) is 0 Å². The molecule has 1 unspecified atom stereocenters. The van der Waals surface area contributed by atoms with Crippen molar-refractivity contribution in [3.05, 3.63) is 0 Å². The summed E-state index contributed by atoms with van der Waals surface area (Å²) in [7, 11) is -4.91. The quantitative estimate of drug-likeness (QED) is 0.240. The Bertz CT molecular complexity index is 191. The molecule has 0 aromatic heterocycles. The Morgan fingerprint density at radius 3 is 2.31 bits per heavy atom. The topological polar surface area (TPSA) is 127 Å². The minimum absolute atomic E-state index is 0. The third-order valence-electron chi connectivity index (χ3n) is 0.942. The van der Waals surface area contributed by atoms with Gasteiger partial charge >= 0.3 is 29.6 Å². The number of hydrogen-bond acceptors (Lipinski definition) is 6. The van der Waals surface area contributed by atoms with Crippen LogP contribution in [0.5, 0.6) is 0 Å². The van der Waals surface area contributed by atoms with Crippen LogP contribution in [0.15, 0.2) is 0 Å². The van der Waals surface area contributed by atoms with Gasteiger partial charge in [-0.1, -0.05) is 0 Å². The first-order chi connectivity index (χ1) is 5.37. The zero-order chi connectivity index (χ0) is 9.78. The number of aldehydes is 1. The van der Waals surface area contributed by atoms with Gasteiger partial charge in [0.1, 0.15) is 12.2 Å². The van der Waals surface area contributed by atoms with Crippen molar-refractivity contribution >= 4 is 14.1 Å². The maximum absolute atomic E-state index is 9.93. The summed E-state index contributed by atoms with van der Waals surface area (Å²) in [5, 5.41) is 17.3. The molecule has 0 aliphatic heterocycles. The molecule has 0 spiro atoms. The van der Waals surface area contributed by atoms with Gasteiger partial charge in [0.05, 0.1) is 6.61 Å². The van der Waals surface area contributed by atoms with Crippen LogP contribution >= 0.6 is 7.82 Å².